The fraction of sp³-hybridized carbons (Fsp3) is 0.467. The van der Waals surface area contributed by atoms with Gasteiger partial charge in [-0.15, -0.1) is 6.58 Å². The van der Waals surface area contributed by atoms with Crippen LogP contribution in [0.15, 0.2) is 43.0 Å². The van der Waals surface area contributed by atoms with Gasteiger partial charge in [0.1, 0.15) is 18.3 Å². The number of aliphatic hydroxyl groups excluding tert-OH is 2. The standard InChI is InChI=1S/C15H18O6/c1-2-8-18-15(10-6-4-3-5-7-10)20-13-12(17)11(9-16)19-14(13)21-15/h2-7,11-14,16-17H,1,8-9H2/t11-,12-,13+,14+,15-/m1/s1. The van der Waals surface area contributed by atoms with Gasteiger partial charge in [0.15, 0.2) is 6.29 Å². The second-order valence-electron chi connectivity index (χ2n) is 4.94. The Hall–Kier alpha value is -1.28. The molecule has 1 aromatic carbocycles. The summed E-state index contributed by atoms with van der Waals surface area (Å²) in [5, 5.41) is 19.2. The summed E-state index contributed by atoms with van der Waals surface area (Å²) >= 11 is 0. The fourth-order valence-electron chi connectivity index (χ4n) is 2.53. The van der Waals surface area contributed by atoms with Crippen molar-refractivity contribution in [2.75, 3.05) is 13.2 Å². The smallest absolute Gasteiger partial charge is 0.315 e. The van der Waals surface area contributed by atoms with Crippen molar-refractivity contribution in [2.45, 2.75) is 30.6 Å². The summed E-state index contributed by atoms with van der Waals surface area (Å²) in [5.41, 5.74) is 0.664. The van der Waals surface area contributed by atoms with Gasteiger partial charge in [-0.25, -0.2) is 0 Å². The van der Waals surface area contributed by atoms with Gasteiger partial charge in [-0.2, -0.15) is 0 Å². The van der Waals surface area contributed by atoms with Crippen LogP contribution in [0.3, 0.4) is 0 Å². The first-order valence-corrected chi connectivity index (χ1v) is 6.80. The zero-order valence-electron chi connectivity index (χ0n) is 11.4. The molecule has 0 saturated carbocycles. The van der Waals surface area contributed by atoms with Crippen LogP contribution in [-0.4, -0.2) is 48.0 Å². The van der Waals surface area contributed by atoms with Gasteiger partial charge in [-0.1, -0.05) is 36.4 Å². The van der Waals surface area contributed by atoms with E-state index in [2.05, 4.69) is 6.58 Å². The minimum absolute atomic E-state index is 0.216. The van der Waals surface area contributed by atoms with Crippen LogP contribution >= 0.6 is 0 Å². The fourth-order valence-corrected chi connectivity index (χ4v) is 2.53. The number of ether oxygens (including phenoxy) is 4. The van der Waals surface area contributed by atoms with Gasteiger partial charge in [-0.05, 0) is 0 Å². The van der Waals surface area contributed by atoms with Crippen molar-refractivity contribution >= 4 is 0 Å². The van der Waals surface area contributed by atoms with Gasteiger partial charge in [0.05, 0.1) is 13.2 Å². The van der Waals surface area contributed by atoms with Crippen LogP contribution in [-0.2, 0) is 24.9 Å². The molecule has 6 nitrogen and oxygen atoms in total. The van der Waals surface area contributed by atoms with Gasteiger partial charge < -0.3 is 24.4 Å². The lowest BCUT2D eigenvalue weighted by Crippen LogP contribution is -2.38. The first-order valence-electron chi connectivity index (χ1n) is 6.80. The van der Waals surface area contributed by atoms with Crippen molar-refractivity contribution < 1.29 is 29.2 Å². The van der Waals surface area contributed by atoms with E-state index in [0.717, 1.165) is 0 Å². The Morgan fingerprint density at radius 1 is 1.29 bits per heavy atom. The predicted octanol–water partition coefficient (Wildman–Crippen LogP) is 0.493. The summed E-state index contributed by atoms with van der Waals surface area (Å²) in [6.45, 7) is 3.53. The lowest BCUT2D eigenvalue weighted by molar-refractivity contribution is -0.373. The second kappa shape index (κ2) is 5.84. The second-order valence-corrected chi connectivity index (χ2v) is 4.94. The molecule has 0 aliphatic carbocycles. The van der Waals surface area contributed by atoms with Gasteiger partial charge in [0.25, 0.3) is 0 Å². The molecule has 21 heavy (non-hydrogen) atoms. The highest BCUT2D eigenvalue weighted by Gasteiger charge is 2.59. The molecular weight excluding hydrogens is 276 g/mol. The van der Waals surface area contributed by atoms with Crippen molar-refractivity contribution in [2.24, 2.45) is 0 Å². The molecule has 0 spiro atoms. The zero-order chi connectivity index (χ0) is 14.9. The Kier molecular flexibility index (Phi) is 4.08. The van der Waals surface area contributed by atoms with E-state index in [9.17, 15) is 5.11 Å². The van der Waals surface area contributed by atoms with E-state index in [0.29, 0.717) is 5.56 Å². The summed E-state index contributed by atoms with van der Waals surface area (Å²) in [6, 6.07) is 9.15. The summed E-state index contributed by atoms with van der Waals surface area (Å²) in [7, 11) is 0. The molecule has 2 saturated heterocycles. The molecule has 0 amide bonds. The van der Waals surface area contributed by atoms with E-state index in [1.54, 1.807) is 18.2 Å². The van der Waals surface area contributed by atoms with Crippen LogP contribution < -0.4 is 0 Å². The van der Waals surface area contributed by atoms with E-state index >= 15 is 0 Å². The number of rotatable bonds is 5. The van der Waals surface area contributed by atoms with Crippen LogP contribution in [0.25, 0.3) is 0 Å². The third-order valence-electron chi connectivity index (χ3n) is 3.56. The average Bonchev–Trinajstić information content (AvgIpc) is 3.03. The van der Waals surface area contributed by atoms with Crippen LogP contribution in [0.5, 0.6) is 0 Å². The molecule has 0 unspecified atom stereocenters. The maximum absolute atomic E-state index is 10.1. The van der Waals surface area contributed by atoms with Crippen molar-refractivity contribution in [1.82, 2.24) is 0 Å². The summed E-state index contributed by atoms with van der Waals surface area (Å²) in [4.78, 5) is 0. The predicted molar refractivity (Wildman–Crippen MR) is 72.0 cm³/mol. The Labute approximate surface area is 122 Å². The van der Waals surface area contributed by atoms with Crippen molar-refractivity contribution in [3.05, 3.63) is 48.6 Å². The number of fused-ring (bicyclic) bond motifs is 1. The summed E-state index contributed by atoms with van der Waals surface area (Å²) in [5.74, 6) is -1.44. The monoisotopic (exact) mass is 294 g/mol. The molecule has 114 valence electrons. The Morgan fingerprint density at radius 2 is 2.05 bits per heavy atom. The quantitative estimate of drug-likeness (QED) is 0.770. The molecular formula is C15H18O6. The minimum atomic E-state index is -1.44. The number of aliphatic hydroxyl groups is 2. The number of benzene rings is 1. The highest BCUT2D eigenvalue weighted by molar-refractivity contribution is 5.20. The van der Waals surface area contributed by atoms with Gasteiger partial charge in [0, 0.05) is 5.56 Å². The summed E-state index contributed by atoms with van der Waals surface area (Å²) < 4.78 is 22.7. The van der Waals surface area contributed by atoms with E-state index < -0.39 is 30.6 Å². The largest absolute Gasteiger partial charge is 0.394 e. The lowest BCUT2D eigenvalue weighted by atomic mass is 10.1. The Bertz CT molecular complexity index is 492. The third kappa shape index (κ3) is 2.50. The molecule has 6 heteroatoms. The van der Waals surface area contributed by atoms with E-state index in [4.69, 9.17) is 24.1 Å². The minimum Gasteiger partial charge on any atom is -0.394 e. The highest BCUT2D eigenvalue weighted by Crippen LogP contribution is 2.44. The Balaban J connectivity index is 1.86. The van der Waals surface area contributed by atoms with Crippen molar-refractivity contribution in [3.63, 3.8) is 0 Å². The van der Waals surface area contributed by atoms with Crippen molar-refractivity contribution in [1.29, 1.82) is 0 Å². The molecule has 2 aliphatic heterocycles. The molecule has 2 heterocycles. The molecule has 0 bridgehead atoms. The average molecular weight is 294 g/mol. The SMILES string of the molecule is C=CCO[C@@]1(c2ccccc2)O[C@@H]2O[C@H](CO)[C@@H](O)[C@@H]2O1. The zero-order valence-corrected chi connectivity index (χ0v) is 11.4. The molecule has 2 N–H and O–H groups in total. The van der Waals surface area contributed by atoms with Gasteiger partial charge in [-0.3, -0.25) is 4.74 Å². The molecule has 0 radical (unpaired) electrons. The molecule has 3 rings (SSSR count). The topological polar surface area (TPSA) is 77.4 Å². The lowest BCUT2D eigenvalue weighted by Gasteiger charge is -2.29. The maximum Gasteiger partial charge on any atom is 0.315 e. The molecule has 5 atom stereocenters. The first-order chi connectivity index (χ1) is 10.2. The van der Waals surface area contributed by atoms with E-state index in [-0.39, 0.29) is 13.2 Å². The molecule has 0 aromatic heterocycles. The molecule has 2 fully saturated rings. The maximum atomic E-state index is 10.1. The van der Waals surface area contributed by atoms with Crippen molar-refractivity contribution in [3.8, 4) is 0 Å². The number of hydrogen-bond acceptors (Lipinski definition) is 6. The summed E-state index contributed by atoms with van der Waals surface area (Å²) in [6.07, 6.45) is -1.61. The molecule has 2 aliphatic rings. The van der Waals surface area contributed by atoms with Crippen LogP contribution in [0.4, 0.5) is 0 Å². The Morgan fingerprint density at radius 3 is 2.67 bits per heavy atom. The van der Waals surface area contributed by atoms with Crippen LogP contribution in [0.2, 0.25) is 0 Å². The number of hydrogen-bond donors (Lipinski definition) is 2. The van der Waals surface area contributed by atoms with E-state index in [1.807, 2.05) is 18.2 Å². The van der Waals surface area contributed by atoms with Gasteiger partial charge >= 0.3 is 5.97 Å². The molecule has 1 aromatic rings. The first kappa shape index (κ1) is 14.6. The normalized spacial score (nSPS) is 38.4. The van der Waals surface area contributed by atoms with E-state index in [1.165, 1.54) is 0 Å². The highest BCUT2D eigenvalue weighted by atomic mass is 16.9. The van der Waals surface area contributed by atoms with Gasteiger partial charge in [0.2, 0.25) is 0 Å². The van der Waals surface area contributed by atoms with Crippen LogP contribution in [0.1, 0.15) is 5.56 Å². The third-order valence-corrected chi connectivity index (χ3v) is 3.56. The van der Waals surface area contributed by atoms with Crippen LogP contribution in [0, 0.1) is 0 Å².